The fourth-order valence-corrected chi connectivity index (χ4v) is 1.49. The minimum atomic E-state index is 0.571. The predicted molar refractivity (Wildman–Crippen MR) is 58.8 cm³/mol. The van der Waals surface area contributed by atoms with Crippen LogP contribution in [0, 0.1) is 12.8 Å². The first-order valence-electron chi connectivity index (χ1n) is 4.85. The Morgan fingerprint density at radius 1 is 1.50 bits per heavy atom. The van der Waals surface area contributed by atoms with Crippen LogP contribution in [0.25, 0.3) is 0 Å². The molecule has 2 N–H and O–H groups in total. The number of hydrogen-bond donors (Lipinski definition) is 1. The van der Waals surface area contributed by atoms with Gasteiger partial charge < -0.3 is 10.5 Å². The van der Waals surface area contributed by atoms with Crippen molar-refractivity contribution < 1.29 is 4.74 Å². The maximum Gasteiger partial charge on any atom is 0.123 e. The number of halogens is 1. The third-order valence-electron chi connectivity index (χ3n) is 2.47. The Morgan fingerprint density at radius 2 is 2.21 bits per heavy atom. The fourth-order valence-electron chi connectivity index (χ4n) is 1.33. The van der Waals surface area contributed by atoms with Crippen LogP contribution in [0.5, 0.6) is 5.75 Å². The number of anilines is 1. The van der Waals surface area contributed by atoms with E-state index in [1.807, 2.05) is 13.0 Å². The van der Waals surface area contributed by atoms with Crippen molar-refractivity contribution in [3.63, 3.8) is 0 Å². The molecule has 1 aromatic rings. The molecule has 0 amide bonds. The zero-order valence-corrected chi connectivity index (χ0v) is 8.97. The average molecular weight is 212 g/mol. The number of aryl methyl sites for hydroxylation is 1. The van der Waals surface area contributed by atoms with Crippen LogP contribution >= 0.6 is 11.6 Å². The standard InChI is InChI=1S/C11H14ClNO/c1-7-4-10(13)9(12)5-11(7)14-6-8-2-3-8/h4-5,8H,2-3,6,13H2,1H3. The number of benzene rings is 1. The van der Waals surface area contributed by atoms with E-state index in [9.17, 15) is 0 Å². The second-order valence-electron chi connectivity index (χ2n) is 3.89. The first-order valence-corrected chi connectivity index (χ1v) is 5.23. The van der Waals surface area contributed by atoms with Gasteiger partial charge in [0, 0.05) is 6.07 Å². The van der Waals surface area contributed by atoms with Crippen molar-refractivity contribution in [1.29, 1.82) is 0 Å². The molecule has 1 fully saturated rings. The lowest BCUT2D eigenvalue weighted by atomic mass is 10.2. The molecule has 0 spiro atoms. The summed E-state index contributed by atoms with van der Waals surface area (Å²) in [6.07, 6.45) is 2.59. The molecule has 76 valence electrons. The van der Waals surface area contributed by atoms with Gasteiger partial charge in [0.15, 0.2) is 0 Å². The molecule has 1 aliphatic carbocycles. The number of rotatable bonds is 3. The molecule has 2 nitrogen and oxygen atoms in total. The van der Waals surface area contributed by atoms with Crippen LogP contribution < -0.4 is 10.5 Å². The van der Waals surface area contributed by atoms with Gasteiger partial charge in [0.25, 0.3) is 0 Å². The van der Waals surface area contributed by atoms with Gasteiger partial charge >= 0.3 is 0 Å². The maximum atomic E-state index is 5.91. The van der Waals surface area contributed by atoms with Crippen molar-refractivity contribution in [2.75, 3.05) is 12.3 Å². The van der Waals surface area contributed by atoms with E-state index in [2.05, 4.69) is 0 Å². The summed E-state index contributed by atoms with van der Waals surface area (Å²) in [5.41, 5.74) is 7.33. The van der Waals surface area contributed by atoms with E-state index >= 15 is 0 Å². The summed E-state index contributed by atoms with van der Waals surface area (Å²) in [5, 5.41) is 0.571. The summed E-state index contributed by atoms with van der Waals surface area (Å²) in [4.78, 5) is 0. The summed E-state index contributed by atoms with van der Waals surface area (Å²) in [6.45, 7) is 2.79. The van der Waals surface area contributed by atoms with E-state index in [-0.39, 0.29) is 0 Å². The molecule has 3 heteroatoms. The van der Waals surface area contributed by atoms with Crippen LogP contribution in [0.2, 0.25) is 5.02 Å². The van der Waals surface area contributed by atoms with Crippen molar-refractivity contribution in [1.82, 2.24) is 0 Å². The van der Waals surface area contributed by atoms with Crippen molar-refractivity contribution in [3.8, 4) is 5.75 Å². The van der Waals surface area contributed by atoms with E-state index in [0.29, 0.717) is 10.7 Å². The van der Waals surface area contributed by atoms with Crippen LogP contribution in [0.4, 0.5) is 5.69 Å². The summed E-state index contributed by atoms with van der Waals surface area (Å²) >= 11 is 5.91. The van der Waals surface area contributed by atoms with Crippen LogP contribution in [0.1, 0.15) is 18.4 Å². The Bertz CT molecular complexity index is 347. The highest BCUT2D eigenvalue weighted by atomic mass is 35.5. The van der Waals surface area contributed by atoms with Crippen LogP contribution in [-0.4, -0.2) is 6.61 Å². The Balaban J connectivity index is 2.10. The molecule has 1 aliphatic rings. The summed E-state index contributed by atoms with van der Waals surface area (Å²) in [6, 6.07) is 3.65. The molecule has 2 rings (SSSR count). The normalized spacial score (nSPS) is 15.6. The van der Waals surface area contributed by atoms with E-state index in [0.717, 1.165) is 23.8 Å². The highest BCUT2D eigenvalue weighted by Gasteiger charge is 2.22. The van der Waals surface area contributed by atoms with Gasteiger partial charge in [0.1, 0.15) is 5.75 Å². The SMILES string of the molecule is Cc1cc(N)c(Cl)cc1OCC1CC1. The zero-order chi connectivity index (χ0) is 10.1. The number of nitrogen functional groups attached to an aromatic ring is 1. The Hall–Kier alpha value is -0.890. The first kappa shape index (κ1) is 9.66. The van der Waals surface area contributed by atoms with Gasteiger partial charge in [0.2, 0.25) is 0 Å². The molecule has 0 bridgehead atoms. The van der Waals surface area contributed by atoms with Crippen LogP contribution in [0.3, 0.4) is 0 Å². The van der Waals surface area contributed by atoms with E-state index in [1.54, 1.807) is 6.07 Å². The molecule has 14 heavy (non-hydrogen) atoms. The topological polar surface area (TPSA) is 35.2 Å². The summed E-state index contributed by atoms with van der Waals surface area (Å²) in [5.74, 6) is 1.61. The monoisotopic (exact) mass is 211 g/mol. The maximum absolute atomic E-state index is 5.91. The molecule has 1 aromatic carbocycles. The van der Waals surface area contributed by atoms with Gasteiger partial charge in [-0.1, -0.05) is 11.6 Å². The number of hydrogen-bond acceptors (Lipinski definition) is 2. The fraction of sp³-hybridized carbons (Fsp3) is 0.455. The zero-order valence-electron chi connectivity index (χ0n) is 8.22. The van der Waals surface area contributed by atoms with Crippen molar-refractivity contribution in [2.24, 2.45) is 5.92 Å². The second-order valence-corrected chi connectivity index (χ2v) is 4.30. The largest absolute Gasteiger partial charge is 0.493 e. The van der Waals surface area contributed by atoms with Gasteiger partial charge in [-0.2, -0.15) is 0 Å². The van der Waals surface area contributed by atoms with Crippen molar-refractivity contribution in [3.05, 3.63) is 22.7 Å². The highest BCUT2D eigenvalue weighted by Crippen LogP contribution is 2.32. The van der Waals surface area contributed by atoms with E-state index in [4.69, 9.17) is 22.1 Å². The molecule has 0 saturated heterocycles. The number of nitrogens with two attached hydrogens (primary N) is 1. The average Bonchev–Trinajstić information content (AvgIpc) is 2.92. The van der Waals surface area contributed by atoms with Gasteiger partial charge in [-0.25, -0.2) is 0 Å². The summed E-state index contributed by atoms with van der Waals surface area (Å²) in [7, 11) is 0. The predicted octanol–water partition coefficient (Wildman–Crippen LogP) is 3.02. The van der Waals surface area contributed by atoms with Crippen LogP contribution in [0.15, 0.2) is 12.1 Å². The van der Waals surface area contributed by atoms with Crippen molar-refractivity contribution in [2.45, 2.75) is 19.8 Å². The van der Waals surface area contributed by atoms with E-state index < -0.39 is 0 Å². The van der Waals surface area contributed by atoms with Crippen LogP contribution in [-0.2, 0) is 0 Å². The quantitative estimate of drug-likeness (QED) is 0.781. The molecular weight excluding hydrogens is 198 g/mol. The molecule has 0 aliphatic heterocycles. The van der Waals surface area contributed by atoms with Crippen molar-refractivity contribution >= 4 is 17.3 Å². The second kappa shape index (κ2) is 3.70. The molecule has 0 heterocycles. The highest BCUT2D eigenvalue weighted by molar-refractivity contribution is 6.33. The summed E-state index contributed by atoms with van der Waals surface area (Å²) < 4.78 is 5.66. The molecule has 0 radical (unpaired) electrons. The Morgan fingerprint density at radius 3 is 2.86 bits per heavy atom. The Kier molecular flexibility index (Phi) is 2.55. The van der Waals surface area contributed by atoms with E-state index in [1.165, 1.54) is 12.8 Å². The Labute approximate surface area is 89.0 Å². The minimum absolute atomic E-state index is 0.571. The van der Waals surface area contributed by atoms with Gasteiger partial charge in [-0.15, -0.1) is 0 Å². The lowest BCUT2D eigenvalue weighted by Crippen LogP contribution is -2.01. The van der Waals surface area contributed by atoms with Gasteiger partial charge in [0.05, 0.1) is 17.3 Å². The molecule has 0 unspecified atom stereocenters. The molecule has 0 aromatic heterocycles. The van der Waals surface area contributed by atoms with Gasteiger partial charge in [-0.05, 0) is 37.3 Å². The first-order chi connectivity index (χ1) is 6.66. The third kappa shape index (κ3) is 2.13. The molecule has 0 atom stereocenters. The molecular formula is C11H14ClNO. The third-order valence-corrected chi connectivity index (χ3v) is 2.79. The lowest BCUT2D eigenvalue weighted by molar-refractivity contribution is 0.298. The van der Waals surface area contributed by atoms with Gasteiger partial charge in [-0.3, -0.25) is 0 Å². The lowest BCUT2D eigenvalue weighted by Gasteiger charge is -2.10. The minimum Gasteiger partial charge on any atom is -0.493 e. The molecule has 1 saturated carbocycles. The number of ether oxygens (including phenoxy) is 1. The smallest absolute Gasteiger partial charge is 0.123 e.